The number of hydrogen-bond acceptors (Lipinski definition) is 5. The number of halogens is 6. The minimum atomic E-state index is -5.27. The van der Waals surface area contributed by atoms with Gasteiger partial charge in [0.15, 0.2) is 0 Å². The zero-order valence-electron chi connectivity index (χ0n) is 18.0. The van der Waals surface area contributed by atoms with Gasteiger partial charge in [-0.15, -0.1) is 13.2 Å². The summed E-state index contributed by atoms with van der Waals surface area (Å²) in [6.07, 6.45) is -6.08. The van der Waals surface area contributed by atoms with Gasteiger partial charge in [-0.1, -0.05) is 18.2 Å². The summed E-state index contributed by atoms with van der Waals surface area (Å²) in [5, 5.41) is 2.55. The fraction of sp³-hybridized carbons (Fsp3) is 0.174. The van der Waals surface area contributed by atoms with E-state index < -0.39 is 30.2 Å². The van der Waals surface area contributed by atoms with Crippen LogP contribution in [0.2, 0.25) is 0 Å². The van der Waals surface area contributed by atoms with E-state index in [0.717, 1.165) is 6.07 Å². The second kappa shape index (κ2) is 9.40. The second-order valence-corrected chi connectivity index (χ2v) is 7.46. The van der Waals surface area contributed by atoms with Crippen LogP contribution in [-0.2, 0) is 11.2 Å². The number of alkyl halides is 6. The van der Waals surface area contributed by atoms with Gasteiger partial charge in [0.25, 0.3) is 5.91 Å². The third-order valence-corrected chi connectivity index (χ3v) is 5.01. The standard InChI is InChI=1S/C23H15F6N3O4/c24-22(25,26)21(34)36-32-17-8-10-31-20(33)16(17)12-18(32)14-7-9-30-15(11-14)6-5-13-3-1-2-4-19(13)35-23(27,28)29/h1-7,9,11-12H,8,10H2,(H,31,33). The lowest BCUT2D eigenvalue weighted by atomic mass is 10.1. The Balaban J connectivity index is 1.71. The summed E-state index contributed by atoms with van der Waals surface area (Å²) in [4.78, 5) is 32.5. The van der Waals surface area contributed by atoms with Crippen molar-refractivity contribution in [2.75, 3.05) is 6.54 Å². The number of carbonyl (C=O) groups excluding carboxylic acids is 2. The molecule has 4 rings (SSSR count). The molecule has 0 radical (unpaired) electrons. The summed E-state index contributed by atoms with van der Waals surface area (Å²) in [6, 6.07) is 9.48. The van der Waals surface area contributed by atoms with Gasteiger partial charge in [-0.25, -0.2) is 4.79 Å². The van der Waals surface area contributed by atoms with Gasteiger partial charge < -0.3 is 14.9 Å². The Morgan fingerprint density at radius 2 is 1.81 bits per heavy atom. The molecule has 1 aliphatic rings. The molecule has 1 N–H and O–H groups in total. The van der Waals surface area contributed by atoms with E-state index >= 15 is 0 Å². The minimum absolute atomic E-state index is 0.0208. The maximum Gasteiger partial charge on any atom is 0.573 e. The molecule has 0 unspecified atom stereocenters. The van der Waals surface area contributed by atoms with Crippen LogP contribution in [0.25, 0.3) is 23.4 Å². The lowest BCUT2D eigenvalue weighted by molar-refractivity contribution is -0.274. The third kappa shape index (κ3) is 5.50. The molecule has 0 aliphatic carbocycles. The number of aromatic nitrogens is 2. The number of pyridine rings is 1. The van der Waals surface area contributed by atoms with Crippen molar-refractivity contribution in [2.45, 2.75) is 19.0 Å². The first kappa shape index (κ1) is 24.8. The van der Waals surface area contributed by atoms with Crippen molar-refractivity contribution in [3.63, 3.8) is 0 Å². The van der Waals surface area contributed by atoms with Gasteiger partial charge >= 0.3 is 18.5 Å². The average Bonchev–Trinajstić information content (AvgIpc) is 3.17. The molecule has 0 fully saturated rings. The van der Waals surface area contributed by atoms with E-state index in [0.29, 0.717) is 4.73 Å². The van der Waals surface area contributed by atoms with Crippen LogP contribution in [0.5, 0.6) is 5.75 Å². The highest BCUT2D eigenvalue weighted by Crippen LogP contribution is 2.30. The number of ether oxygens (including phenoxy) is 1. The Labute approximate surface area is 198 Å². The van der Waals surface area contributed by atoms with Gasteiger partial charge in [0.1, 0.15) is 5.75 Å². The van der Waals surface area contributed by atoms with E-state index in [1.54, 1.807) is 0 Å². The Kier molecular flexibility index (Phi) is 6.48. The molecule has 3 aromatic rings. The molecule has 0 spiro atoms. The minimum Gasteiger partial charge on any atom is -0.405 e. The molecule has 36 heavy (non-hydrogen) atoms. The summed E-state index contributed by atoms with van der Waals surface area (Å²) >= 11 is 0. The van der Waals surface area contributed by atoms with Crippen LogP contribution in [-0.4, -0.2) is 40.7 Å². The van der Waals surface area contributed by atoms with E-state index in [9.17, 15) is 35.9 Å². The highest BCUT2D eigenvalue weighted by Gasteiger charge is 2.43. The highest BCUT2D eigenvalue weighted by molar-refractivity contribution is 5.98. The summed E-state index contributed by atoms with van der Waals surface area (Å²) in [5.41, 5.74) is 0.647. The predicted octanol–water partition coefficient (Wildman–Crippen LogP) is 4.42. The van der Waals surface area contributed by atoms with Crippen LogP contribution >= 0.6 is 0 Å². The SMILES string of the molecule is O=C1NCCc2c1cc(-c1ccnc(C=Cc3ccccc3OC(F)(F)F)c1)n2OC(=O)C(F)(F)F. The zero-order chi connectivity index (χ0) is 26.1. The van der Waals surface area contributed by atoms with E-state index in [1.807, 2.05) is 0 Å². The molecule has 1 amide bonds. The Morgan fingerprint density at radius 1 is 1.06 bits per heavy atom. The van der Waals surface area contributed by atoms with Crippen LogP contribution in [0.15, 0.2) is 48.7 Å². The maximum absolute atomic E-state index is 12.9. The number of benzene rings is 1. The normalized spacial score (nSPS) is 13.9. The fourth-order valence-electron chi connectivity index (χ4n) is 3.51. The fourth-order valence-corrected chi connectivity index (χ4v) is 3.51. The van der Waals surface area contributed by atoms with Gasteiger partial charge in [0.2, 0.25) is 0 Å². The van der Waals surface area contributed by atoms with E-state index in [4.69, 9.17) is 0 Å². The molecule has 0 bridgehead atoms. The van der Waals surface area contributed by atoms with Crippen molar-refractivity contribution in [1.82, 2.24) is 15.0 Å². The largest absolute Gasteiger partial charge is 0.573 e. The quantitative estimate of drug-likeness (QED) is 0.513. The first-order chi connectivity index (χ1) is 16.9. The molecule has 2 aromatic heterocycles. The topological polar surface area (TPSA) is 82.4 Å². The molecular weight excluding hydrogens is 496 g/mol. The van der Waals surface area contributed by atoms with Crippen LogP contribution in [0.3, 0.4) is 0 Å². The van der Waals surface area contributed by atoms with E-state index in [-0.39, 0.29) is 46.7 Å². The van der Waals surface area contributed by atoms with Crippen molar-refractivity contribution < 1.29 is 45.5 Å². The second-order valence-electron chi connectivity index (χ2n) is 7.46. The number of hydrogen-bond donors (Lipinski definition) is 1. The molecule has 3 heterocycles. The van der Waals surface area contributed by atoms with Gasteiger partial charge in [0, 0.05) is 30.3 Å². The first-order valence-electron chi connectivity index (χ1n) is 10.2. The summed E-state index contributed by atoms with van der Waals surface area (Å²) in [6.45, 7) is 0.128. The van der Waals surface area contributed by atoms with Crippen molar-refractivity contribution in [3.05, 3.63) is 71.2 Å². The number of amides is 1. The number of nitrogens with zero attached hydrogens (tertiary/aromatic N) is 2. The Hall–Kier alpha value is -4.29. The molecule has 1 aliphatic heterocycles. The lowest BCUT2D eigenvalue weighted by Gasteiger charge is -2.17. The third-order valence-electron chi connectivity index (χ3n) is 5.01. The monoisotopic (exact) mass is 511 g/mol. The number of carbonyl (C=O) groups is 2. The average molecular weight is 511 g/mol. The van der Waals surface area contributed by atoms with Crippen molar-refractivity contribution in [1.29, 1.82) is 0 Å². The zero-order valence-corrected chi connectivity index (χ0v) is 18.0. The van der Waals surface area contributed by atoms with Crippen molar-refractivity contribution >= 4 is 24.0 Å². The van der Waals surface area contributed by atoms with Crippen molar-refractivity contribution in [2.24, 2.45) is 0 Å². The smallest absolute Gasteiger partial charge is 0.405 e. The summed E-state index contributed by atoms with van der Waals surface area (Å²) in [5.74, 6) is -3.46. The number of nitrogens with one attached hydrogen (secondary N) is 1. The van der Waals surface area contributed by atoms with Gasteiger partial charge in [0.05, 0.1) is 22.6 Å². The highest BCUT2D eigenvalue weighted by atomic mass is 19.4. The molecule has 0 saturated carbocycles. The molecule has 1 aromatic carbocycles. The number of fused-ring (bicyclic) bond motifs is 1. The maximum atomic E-state index is 12.9. The van der Waals surface area contributed by atoms with E-state index in [1.165, 1.54) is 54.7 Å². The van der Waals surface area contributed by atoms with Crippen LogP contribution in [0.4, 0.5) is 26.3 Å². The van der Waals surface area contributed by atoms with Crippen LogP contribution in [0.1, 0.15) is 27.3 Å². The van der Waals surface area contributed by atoms with Crippen LogP contribution < -0.4 is 14.9 Å². The molecular formula is C23H15F6N3O4. The Morgan fingerprint density at radius 3 is 2.53 bits per heavy atom. The first-order valence-corrected chi connectivity index (χ1v) is 10.2. The molecule has 188 valence electrons. The number of para-hydroxylation sites is 1. The van der Waals surface area contributed by atoms with Crippen LogP contribution in [0, 0.1) is 0 Å². The Bertz CT molecular complexity index is 1340. The van der Waals surface area contributed by atoms with Gasteiger partial charge in [-0.05, 0) is 36.4 Å². The molecule has 0 saturated heterocycles. The molecule has 13 heteroatoms. The molecule has 0 atom stereocenters. The lowest BCUT2D eigenvalue weighted by Crippen LogP contribution is -2.37. The predicted molar refractivity (Wildman–Crippen MR) is 113 cm³/mol. The summed E-state index contributed by atoms with van der Waals surface area (Å²) in [7, 11) is 0. The number of rotatable bonds is 5. The van der Waals surface area contributed by atoms with Crippen molar-refractivity contribution in [3.8, 4) is 17.0 Å². The van der Waals surface area contributed by atoms with Gasteiger partial charge in [-0.3, -0.25) is 9.78 Å². The van der Waals surface area contributed by atoms with E-state index in [2.05, 4.69) is 19.9 Å². The van der Waals surface area contributed by atoms with Gasteiger partial charge in [-0.2, -0.15) is 17.9 Å². The summed E-state index contributed by atoms with van der Waals surface area (Å²) < 4.78 is 81.3. The molecule has 7 nitrogen and oxygen atoms in total.